The van der Waals surface area contributed by atoms with Crippen LogP contribution in [0.4, 0.5) is 11.4 Å². The Hall–Kier alpha value is -3.22. The van der Waals surface area contributed by atoms with Gasteiger partial charge in [0.1, 0.15) is 12.0 Å². The molecular formula is C16H15N5O2. The van der Waals surface area contributed by atoms with E-state index in [1.165, 1.54) is 0 Å². The van der Waals surface area contributed by atoms with E-state index < -0.39 is 4.92 Å². The van der Waals surface area contributed by atoms with Crippen LogP contribution >= 0.6 is 0 Å². The lowest BCUT2D eigenvalue weighted by Gasteiger charge is -2.09. The second-order valence-electron chi connectivity index (χ2n) is 5.08. The van der Waals surface area contributed by atoms with Gasteiger partial charge in [-0.1, -0.05) is 24.3 Å². The van der Waals surface area contributed by atoms with E-state index >= 15 is 0 Å². The Morgan fingerprint density at radius 1 is 1.22 bits per heavy atom. The lowest BCUT2D eigenvalue weighted by atomic mass is 10.2. The van der Waals surface area contributed by atoms with Crippen LogP contribution in [0, 0.1) is 17.0 Å². The van der Waals surface area contributed by atoms with Crippen molar-refractivity contribution in [2.75, 3.05) is 5.32 Å². The van der Waals surface area contributed by atoms with Gasteiger partial charge in [-0.2, -0.15) is 0 Å². The van der Waals surface area contributed by atoms with Crippen molar-refractivity contribution in [1.82, 2.24) is 14.8 Å². The summed E-state index contributed by atoms with van der Waals surface area (Å²) in [4.78, 5) is 10.8. The summed E-state index contributed by atoms with van der Waals surface area (Å²) in [7, 11) is 0. The summed E-state index contributed by atoms with van der Waals surface area (Å²) >= 11 is 0. The van der Waals surface area contributed by atoms with Crippen LogP contribution < -0.4 is 5.32 Å². The van der Waals surface area contributed by atoms with Gasteiger partial charge in [0, 0.05) is 11.8 Å². The fourth-order valence-electron chi connectivity index (χ4n) is 2.30. The van der Waals surface area contributed by atoms with Crippen molar-refractivity contribution >= 4 is 11.4 Å². The van der Waals surface area contributed by atoms with Gasteiger partial charge in [-0.05, 0) is 30.7 Å². The molecule has 0 saturated carbocycles. The second-order valence-corrected chi connectivity index (χ2v) is 5.08. The number of aryl methyl sites for hydroxylation is 1. The van der Waals surface area contributed by atoms with Crippen LogP contribution in [-0.4, -0.2) is 19.7 Å². The average Bonchev–Trinajstić information content (AvgIpc) is 3.03. The number of benzene rings is 2. The molecule has 7 nitrogen and oxygen atoms in total. The van der Waals surface area contributed by atoms with Gasteiger partial charge in [-0.15, -0.1) is 10.2 Å². The molecule has 3 aromatic rings. The van der Waals surface area contributed by atoms with E-state index in [0.29, 0.717) is 18.1 Å². The Morgan fingerprint density at radius 2 is 2.00 bits per heavy atom. The third kappa shape index (κ3) is 3.18. The molecule has 1 heterocycles. The summed E-state index contributed by atoms with van der Waals surface area (Å²) in [6.07, 6.45) is 1.62. The lowest BCUT2D eigenvalue weighted by Crippen LogP contribution is -2.08. The van der Waals surface area contributed by atoms with E-state index in [1.54, 1.807) is 18.5 Å². The lowest BCUT2D eigenvalue weighted by molar-refractivity contribution is -0.384. The zero-order valence-corrected chi connectivity index (χ0v) is 12.5. The first-order valence-corrected chi connectivity index (χ1v) is 7.08. The minimum absolute atomic E-state index is 0.0516. The predicted molar refractivity (Wildman–Crippen MR) is 86.5 cm³/mol. The highest BCUT2D eigenvalue weighted by atomic mass is 16.6. The number of hydrogen-bond acceptors (Lipinski definition) is 5. The molecule has 2 aromatic carbocycles. The molecule has 0 radical (unpaired) electrons. The summed E-state index contributed by atoms with van der Waals surface area (Å²) in [5, 5.41) is 22.2. The molecule has 0 aliphatic rings. The van der Waals surface area contributed by atoms with Crippen LogP contribution in [0.5, 0.6) is 0 Å². The molecule has 23 heavy (non-hydrogen) atoms. The molecule has 0 unspecified atom stereocenters. The first-order valence-electron chi connectivity index (χ1n) is 7.08. The topological polar surface area (TPSA) is 85.9 Å². The molecule has 1 aromatic heterocycles. The van der Waals surface area contributed by atoms with E-state index in [0.717, 1.165) is 11.3 Å². The van der Waals surface area contributed by atoms with Gasteiger partial charge in [0.2, 0.25) is 0 Å². The van der Waals surface area contributed by atoms with Crippen molar-refractivity contribution in [1.29, 1.82) is 0 Å². The fourth-order valence-corrected chi connectivity index (χ4v) is 2.30. The first-order chi connectivity index (χ1) is 11.1. The molecule has 1 N–H and O–H groups in total. The van der Waals surface area contributed by atoms with Crippen LogP contribution in [0.15, 0.2) is 54.9 Å². The normalized spacial score (nSPS) is 10.5. The van der Waals surface area contributed by atoms with Crippen LogP contribution in [0.1, 0.15) is 11.4 Å². The Balaban J connectivity index is 1.83. The summed E-state index contributed by atoms with van der Waals surface area (Å²) in [5.74, 6) is 0.672. The van der Waals surface area contributed by atoms with E-state index in [1.807, 2.05) is 47.9 Å². The number of anilines is 1. The molecule has 116 valence electrons. The minimum Gasteiger partial charge on any atom is -0.372 e. The van der Waals surface area contributed by atoms with Crippen molar-refractivity contribution in [2.24, 2.45) is 0 Å². The zero-order chi connectivity index (χ0) is 16.2. The highest BCUT2D eigenvalue weighted by Gasteiger charge is 2.14. The van der Waals surface area contributed by atoms with E-state index in [2.05, 4.69) is 15.5 Å². The van der Waals surface area contributed by atoms with Gasteiger partial charge in [0.25, 0.3) is 5.69 Å². The third-order valence-electron chi connectivity index (χ3n) is 3.44. The summed E-state index contributed by atoms with van der Waals surface area (Å²) in [6, 6.07) is 14.8. The Bertz CT molecular complexity index is 829. The number of nitro groups is 1. The van der Waals surface area contributed by atoms with Crippen molar-refractivity contribution < 1.29 is 4.92 Å². The number of hydrogen-bond donors (Lipinski definition) is 1. The van der Waals surface area contributed by atoms with E-state index in [-0.39, 0.29) is 5.69 Å². The molecule has 0 atom stereocenters. The number of aromatic nitrogens is 3. The molecule has 0 bridgehead atoms. The summed E-state index contributed by atoms with van der Waals surface area (Å²) < 4.78 is 1.84. The molecule has 0 aliphatic carbocycles. The molecule has 0 saturated heterocycles. The van der Waals surface area contributed by atoms with Crippen molar-refractivity contribution in [3.63, 3.8) is 0 Å². The molecule has 0 aliphatic heterocycles. The average molecular weight is 309 g/mol. The number of nitro benzene ring substituents is 1. The SMILES string of the molecule is Cc1ccc(NCc2nncn2-c2ccccc2)c([N+](=O)[O-])c1. The highest BCUT2D eigenvalue weighted by Crippen LogP contribution is 2.25. The van der Waals surface area contributed by atoms with E-state index in [4.69, 9.17) is 0 Å². The third-order valence-corrected chi connectivity index (χ3v) is 3.44. The zero-order valence-electron chi connectivity index (χ0n) is 12.5. The molecule has 0 spiro atoms. The fraction of sp³-hybridized carbons (Fsp3) is 0.125. The Morgan fingerprint density at radius 3 is 2.74 bits per heavy atom. The number of para-hydroxylation sites is 1. The van der Waals surface area contributed by atoms with Crippen molar-refractivity contribution in [3.05, 3.63) is 76.4 Å². The highest BCUT2D eigenvalue weighted by molar-refractivity contribution is 5.62. The summed E-state index contributed by atoms with van der Waals surface area (Å²) in [6.45, 7) is 2.15. The largest absolute Gasteiger partial charge is 0.372 e. The van der Waals surface area contributed by atoms with Gasteiger partial charge in [-0.3, -0.25) is 14.7 Å². The van der Waals surface area contributed by atoms with Crippen LogP contribution in [0.3, 0.4) is 0 Å². The summed E-state index contributed by atoms with van der Waals surface area (Å²) in [5.41, 5.74) is 2.29. The first kappa shape index (κ1) is 14.7. The maximum absolute atomic E-state index is 11.2. The molecule has 7 heteroatoms. The maximum Gasteiger partial charge on any atom is 0.292 e. The minimum atomic E-state index is -0.392. The standard InChI is InChI=1S/C16H15N5O2/c1-12-7-8-14(15(9-12)21(22)23)17-10-16-19-18-11-20(16)13-5-3-2-4-6-13/h2-9,11,17H,10H2,1H3. The van der Waals surface area contributed by atoms with Crippen LogP contribution in [0.2, 0.25) is 0 Å². The quantitative estimate of drug-likeness (QED) is 0.578. The van der Waals surface area contributed by atoms with Gasteiger partial charge < -0.3 is 5.32 Å². The predicted octanol–water partition coefficient (Wildman–Crippen LogP) is 3.10. The number of rotatable bonds is 5. The second kappa shape index (κ2) is 6.27. The molecule has 0 fully saturated rings. The monoisotopic (exact) mass is 309 g/mol. The van der Waals surface area contributed by atoms with Gasteiger partial charge in [0.15, 0.2) is 5.82 Å². The Kier molecular flexibility index (Phi) is 4.01. The van der Waals surface area contributed by atoms with Crippen LogP contribution in [-0.2, 0) is 6.54 Å². The van der Waals surface area contributed by atoms with Gasteiger partial charge in [0.05, 0.1) is 11.5 Å². The molecule has 0 amide bonds. The van der Waals surface area contributed by atoms with Gasteiger partial charge in [-0.25, -0.2) is 0 Å². The van der Waals surface area contributed by atoms with Crippen molar-refractivity contribution in [3.8, 4) is 5.69 Å². The maximum atomic E-state index is 11.2. The van der Waals surface area contributed by atoms with Crippen LogP contribution in [0.25, 0.3) is 5.69 Å². The number of nitrogens with zero attached hydrogens (tertiary/aromatic N) is 4. The Labute approximate surface area is 132 Å². The smallest absolute Gasteiger partial charge is 0.292 e. The van der Waals surface area contributed by atoms with E-state index in [9.17, 15) is 10.1 Å². The van der Waals surface area contributed by atoms with Crippen molar-refractivity contribution in [2.45, 2.75) is 13.5 Å². The molecule has 3 rings (SSSR count). The number of nitrogens with one attached hydrogen (secondary N) is 1. The van der Waals surface area contributed by atoms with Gasteiger partial charge >= 0.3 is 0 Å². The molecular weight excluding hydrogens is 294 g/mol.